The van der Waals surface area contributed by atoms with Gasteiger partial charge in [0.1, 0.15) is 0 Å². The molecule has 0 aliphatic heterocycles. The van der Waals surface area contributed by atoms with Crippen molar-refractivity contribution in [1.82, 2.24) is 9.78 Å². The van der Waals surface area contributed by atoms with Crippen LogP contribution in [0.3, 0.4) is 0 Å². The third-order valence-electron chi connectivity index (χ3n) is 4.35. The molecule has 0 fully saturated rings. The van der Waals surface area contributed by atoms with Crippen LogP contribution in [0.15, 0.2) is 59.5 Å². The van der Waals surface area contributed by atoms with Gasteiger partial charge in [0.2, 0.25) is 0 Å². The Bertz CT molecular complexity index is 1060. The number of aromatic nitrogens is 2. The average molecular weight is 363 g/mol. The molecule has 0 atom stereocenters. The molecule has 0 aliphatic carbocycles. The third kappa shape index (κ3) is 3.60. The molecule has 0 aliphatic rings. The van der Waals surface area contributed by atoms with Crippen molar-refractivity contribution in [2.24, 2.45) is 5.73 Å². The minimum Gasteiger partial charge on any atom is -0.503 e. The predicted molar refractivity (Wildman–Crippen MR) is 104 cm³/mol. The number of amides is 1. The van der Waals surface area contributed by atoms with Crippen molar-refractivity contribution in [3.63, 3.8) is 0 Å². The van der Waals surface area contributed by atoms with E-state index in [-0.39, 0.29) is 5.41 Å². The van der Waals surface area contributed by atoms with Crippen LogP contribution >= 0.6 is 0 Å². The number of para-hydroxylation sites is 1. The molecule has 0 bridgehead atoms. The number of nitrogens with zero attached hydrogens (tertiary/aromatic N) is 2. The molecule has 0 saturated heterocycles. The second-order valence-electron chi connectivity index (χ2n) is 7.35. The molecular formula is C21H21N3O3. The minimum absolute atomic E-state index is 0.0422. The van der Waals surface area contributed by atoms with Gasteiger partial charge in [-0.05, 0) is 22.6 Å². The van der Waals surface area contributed by atoms with Gasteiger partial charge in [0.25, 0.3) is 11.3 Å². The molecule has 3 rings (SSSR count). The van der Waals surface area contributed by atoms with Crippen LogP contribution in [0.1, 0.15) is 36.8 Å². The van der Waals surface area contributed by atoms with Crippen molar-refractivity contribution >= 4 is 5.91 Å². The quantitative estimate of drug-likeness (QED) is 0.747. The Morgan fingerprint density at radius 1 is 1.07 bits per heavy atom. The molecule has 0 spiro atoms. The van der Waals surface area contributed by atoms with E-state index in [2.05, 4.69) is 38.0 Å². The Balaban J connectivity index is 2.16. The maximum Gasteiger partial charge on any atom is 0.273 e. The summed E-state index contributed by atoms with van der Waals surface area (Å²) in [5.41, 5.74) is 7.46. The maximum absolute atomic E-state index is 11.9. The lowest BCUT2D eigenvalue weighted by molar-refractivity contribution is 0.0992. The Morgan fingerprint density at radius 3 is 2.30 bits per heavy atom. The fraction of sp³-hybridized carbons (Fsp3) is 0.190. The fourth-order valence-electron chi connectivity index (χ4n) is 2.83. The van der Waals surface area contributed by atoms with Gasteiger partial charge in [-0.2, -0.15) is 5.10 Å². The summed E-state index contributed by atoms with van der Waals surface area (Å²) < 4.78 is 1.30. The summed E-state index contributed by atoms with van der Waals surface area (Å²) in [6.45, 7) is 6.44. The highest BCUT2D eigenvalue weighted by Gasteiger charge is 2.17. The van der Waals surface area contributed by atoms with E-state index in [4.69, 9.17) is 5.73 Å². The Hall–Kier alpha value is -3.41. The number of carbonyl (C=O) groups is 1. The lowest BCUT2D eigenvalue weighted by Gasteiger charge is -2.19. The largest absolute Gasteiger partial charge is 0.503 e. The van der Waals surface area contributed by atoms with Gasteiger partial charge in [0.15, 0.2) is 11.4 Å². The van der Waals surface area contributed by atoms with Gasteiger partial charge in [-0.1, -0.05) is 63.2 Å². The second-order valence-corrected chi connectivity index (χ2v) is 7.35. The summed E-state index contributed by atoms with van der Waals surface area (Å²) in [4.78, 5) is 23.3. The van der Waals surface area contributed by atoms with E-state index in [0.717, 1.165) is 11.1 Å². The molecule has 1 amide bonds. The van der Waals surface area contributed by atoms with Crippen LogP contribution in [0.25, 0.3) is 16.8 Å². The van der Waals surface area contributed by atoms with Gasteiger partial charge in [-0.15, -0.1) is 0 Å². The molecule has 1 aromatic heterocycles. The first-order valence-electron chi connectivity index (χ1n) is 8.51. The van der Waals surface area contributed by atoms with Gasteiger partial charge in [0.05, 0.1) is 11.9 Å². The van der Waals surface area contributed by atoms with Crippen molar-refractivity contribution in [1.29, 1.82) is 0 Å². The molecule has 6 heteroatoms. The average Bonchev–Trinajstić information content (AvgIpc) is 2.63. The highest BCUT2D eigenvalue weighted by atomic mass is 16.3. The first kappa shape index (κ1) is 18.4. The van der Waals surface area contributed by atoms with Crippen molar-refractivity contribution < 1.29 is 9.90 Å². The van der Waals surface area contributed by atoms with Crippen molar-refractivity contribution in [2.75, 3.05) is 0 Å². The summed E-state index contributed by atoms with van der Waals surface area (Å²) in [6, 6.07) is 15.5. The SMILES string of the molecule is CC(C)(C)c1ccc(-c2ccccc2-n2cc(O)c(=O)c(C(N)=O)n2)cc1. The molecule has 6 nitrogen and oxygen atoms in total. The zero-order valence-electron chi connectivity index (χ0n) is 15.4. The van der Waals surface area contributed by atoms with Crippen LogP contribution in [0, 0.1) is 0 Å². The Morgan fingerprint density at radius 2 is 1.70 bits per heavy atom. The maximum atomic E-state index is 11.9. The molecule has 3 aromatic rings. The summed E-state index contributed by atoms with van der Waals surface area (Å²) in [5, 5.41) is 13.9. The monoisotopic (exact) mass is 363 g/mol. The lowest BCUT2D eigenvalue weighted by Crippen LogP contribution is -2.26. The van der Waals surface area contributed by atoms with Gasteiger partial charge >= 0.3 is 0 Å². The summed E-state index contributed by atoms with van der Waals surface area (Å²) in [5.74, 6) is -1.58. The fourth-order valence-corrected chi connectivity index (χ4v) is 2.83. The topological polar surface area (TPSA) is 98.2 Å². The van der Waals surface area contributed by atoms with Gasteiger partial charge < -0.3 is 10.8 Å². The molecular weight excluding hydrogens is 342 g/mol. The van der Waals surface area contributed by atoms with E-state index in [9.17, 15) is 14.7 Å². The van der Waals surface area contributed by atoms with Gasteiger partial charge in [-0.25, -0.2) is 4.68 Å². The number of primary amides is 1. The Kier molecular flexibility index (Phi) is 4.57. The van der Waals surface area contributed by atoms with Crippen LogP contribution in [0.4, 0.5) is 0 Å². The summed E-state index contributed by atoms with van der Waals surface area (Å²) in [7, 11) is 0. The summed E-state index contributed by atoms with van der Waals surface area (Å²) >= 11 is 0. The molecule has 0 unspecified atom stereocenters. The van der Waals surface area contributed by atoms with E-state index in [1.165, 1.54) is 16.4 Å². The zero-order chi connectivity index (χ0) is 19.8. The van der Waals surface area contributed by atoms with Crippen LogP contribution in [-0.4, -0.2) is 20.8 Å². The normalized spacial score (nSPS) is 11.4. The number of benzene rings is 2. The zero-order valence-corrected chi connectivity index (χ0v) is 15.4. The number of rotatable bonds is 3. The number of aromatic hydroxyl groups is 1. The Labute approximate surface area is 156 Å². The van der Waals surface area contributed by atoms with E-state index >= 15 is 0 Å². The van der Waals surface area contributed by atoms with E-state index < -0.39 is 22.8 Å². The van der Waals surface area contributed by atoms with E-state index in [1.807, 2.05) is 30.3 Å². The van der Waals surface area contributed by atoms with E-state index in [0.29, 0.717) is 5.69 Å². The standard InChI is InChI=1S/C21H21N3O3/c1-21(2,3)14-10-8-13(9-11-14)15-6-4-5-7-16(15)24-12-17(25)19(26)18(23-24)20(22)27/h4-12,25H,1-3H3,(H2,22,27). The first-order valence-corrected chi connectivity index (χ1v) is 8.51. The number of carbonyl (C=O) groups excluding carboxylic acids is 1. The van der Waals surface area contributed by atoms with Crippen LogP contribution in [-0.2, 0) is 5.41 Å². The molecule has 138 valence electrons. The van der Waals surface area contributed by atoms with Crippen molar-refractivity contribution in [2.45, 2.75) is 26.2 Å². The van der Waals surface area contributed by atoms with Crippen molar-refractivity contribution in [3.05, 3.63) is 76.2 Å². The van der Waals surface area contributed by atoms with Gasteiger partial charge in [-0.3, -0.25) is 9.59 Å². The van der Waals surface area contributed by atoms with Crippen molar-refractivity contribution in [3.8, 4) is 22.6 Å². The third-order valence-corrected chi connectivity index (χ3v) is 4.35. The molecule has 2 aromatic carbocycles. The molecule has 0 radical (unpaired) electrons. The second kappa shape index (κ2) is 6.72. The van der Waals surface area contributed by atoms with Crippen LogP contribution in [0.5, 0.6) is 5.75 Å². The molecule has 1 heterocycles. The highest BCUT2D eigenvalue weighted by Crippen LogP contribution is 2.29. The predicted octanol–water partition coefficient (Wildman–Crippen LogP) is 3.00. The minimum atomic E-state index is -0.989. The smallest absolute Gasteiger partial charge is 0.273 e. The number of nitrogens with two attached hydrogens (primary N) is 1. The van der Waals surface area contributed by atoms with Crippen LogP contribution in [0.2, 0.25) is 0 Å². The number of hydrogen-bond donors (Lipinski definition) is 2. The molecule has 0 saturated carbocycles. The first-order chi connectivity index (χ1) is 12.7. The molecule has 27 heavy (non-hydrogen) atoms. The van der Waals surface area contributed by atoms with Crippen LogP contribution < -0.4 is 11.2 Å². The lowest BCUT2D eigenvalue weighted by atomic mass is 9.86. The van der Waals surface area contributed by atoms with Gasteiger partial charge in [0, 0.05) is 5.56 Å². The highest BCUT2D eigenvalue weighted by molar-refractivity contribution is 5.90. The number of hydrogen-bond acceptors (Lipinski definition) is 4. The molecule has 3 N–H and O–H groups in total. The summed E-state index contributed by atoms with van der Waals surface area (Å²) in [6.07, 6.45) is 1.18. The van der Waals surface area contributed by atoms with E-state index in [1.54, 1.807) is 6.07 Å².